The number of rotatable bonds is 4. The van der Waals surface area contributed by atoms with Crippen LogP contribution in [-0.4, -0.2) is 0 Å². The molecule has 0 aliphatic rings. The van der Waals surface area contributed by atoms with E-state index in [-0.39, 0.29) is 0 Å². The summed E-state index contributed by atoms with van der Waals surface area (Å²) in [5, 5.41) is 0. The van der Waals surface area contributed by atoms with Crippen molar-refractivity contribution in [1.82, 2.24) is 0 Å². The summed E-state index contributed by atoms with van der Waals surface area (Å²) in [6, 6.07) is 0. The summed E-state index contributed by atoms with van der Waals surface area (Å²) in [7, 11) is 0. The highest BCUT2D eigenvalue weighted by Gasteiger charge is 1.87. The van der Waals surface area contributed by atoms with Gasteiger partial charge in [0, 0.05) is 0 Å². The zero-order valence-electron chi connectivity index (χ0n) is 7.80. The van der Waals surface area contributed by atoms with Crippen LogP contribution >= 0.6 is 0 Å². The van der Waals surface area contributed by atoms with Gasteiger partial charge in [-0.2, -0.15) is 0 Å². The van der Waals surface area contributed by atoms with Gasteiger partial charge in [-0.1, -0.05) is 56.7 Å². The molecule has 0 aromatic rings. The van der Waals surface area contributed by atoms with Crippen molar-refractivity contribution in [3.05, 3.63) is 36.5 Å². The van der Waals surface area contributed by atoms with Crippen molar-refractivity contribution in [2.45, 2.75) is 27.2 Å². The standard InChI is InChI=1S/C11H18/c1-5-10(3)8-7-9-11(4)6-2/h5,7-9,11H,1,6H2,2-4H3/b9-7-,10-8-. The molecule has 0 bridgehead atoms. The van der Waals surface area contributed by atoms with E-state index in [1.165, 1.54) is 12.0 Å². The first-order valence-corrected chi connectivity index (χ1v) is 4.18. The number of allylic oxidation sites excluding steroid dienone is 5. The van der Waals surface area contributed by atoms with Crippen LogP contribution in [0.5, 0.6) is 0 Å². The average Bonchev–Trinajstić information content (AvgIpc) is 2.04. The zero-order valence-corrected chi connectivity index (χ0v) is 7.80. The first-order valence-electron chi connectivity index (χ1n) is 4.18. The van der Waals surface area contributed by atoms with E-state index < -0.39 is 0 Å². The van der Waals surface area contributed by atoms with Gasteiger partial charge in [-0.05, 0) is 12.8 Å². The largest absolute Gasteiger partial charge is 0.0988 e. The molecule has 0 spiro atoms. The van der Waals surface area contributed by atoms with Crippen molar-refractivity contribution in [2.75, 3.05) is 0 Å². The summed E-state index contributed by atoms with van der Waals surface area (Å²) in [6.45, 7) is 10.1. The molecule has 0 rings (SSSR count). The molecule has 1 atom stereocenters. The third kappa shape index (κ3) is 5.65. The SMILES string of the molecule is C=C/C(C)=C\C=C/C(C)CC. The van der Waals surface area contributed by atoms with Gasteiger partial charge in [-0.15, -0.1) is 0 Å². The molecular formula is C11H18. The summed E-state index contributed by atoms with van der Waals surface area (Å²) in [4.78, 5) is 0. The maximum atomic E-state index is 3.68. The molecule has 0 heteroatoms. The molecule has 11 heavy (non-hydrogen) atoms. The van der Waals surface area contributed by atoms with Crippen molar-refractivity contribution in [3.8, 4) is 0 Å². The van der Waals surface area contributed by atoms with Crippen LogP contribution in [0.1, 0.15) is 27.2 Å². The van der Waals surface area contributed by atoms with Crippen LogP contribution in [0.3, 0.4) is 0 Å². The first kappa shape index (κ1) is 10.2. The van der Waals surface area contributed by atoms with Crippen LogP contribution in [0, 0.1) is 5.92 Å². The lowest BCUT2D eigenvalue weighted by atomic mass is 10.1. The average molecular weight is 150 g/mol. The molecule has 62 valence electrons. The Balaban J connectivity index is 3.84. The van der Waals surface area contributed by atoms with E-state index in [1.807, 2.05) is 13.0 Å². The quantitative estimate of drug-likeness (QED) is 0.536. The predicted octanol–water partition coefficient (Wildman–Crippen LogP) is 3.72. The highest BCUT2D eigenvalue weighted by atomic mass is 13.9. The summed E-state index contributed by atoms with van der Waals surface area (Å²) >= 11 is 0. The van der Waals surface area contributed by atoms with E-state index in [4.69, 9.17) is 0 Å². The van der Waals surface area contributed by atoms with Gasteiger partial charge in [0.2, 0.25) is 0 Å². The van der Waals surface area contributed by atoms with Gasteiger partial charge in [-0.3, -0.25) is 0 Å². The number of hydrogen-bond acceptors (Lipinski definition) is 0. The number of hydrogen-bond donors (Lipinski definition) is 0. The van der Waals surface area contributed by atoms with E-state index in [9.17, 15) is 0 Å². The normalized spacial score (nSPS) is 15.4. The molecule has 0 radical (unpaired) electrons. The second kappa shape index (κ2) is 5.96. The van der Waals surface area contributed by atoms with Gasteiger partial charge in [0.15, 0.2) is 0 Å². The Kier molecular flexibility index (Phi) is 5.54. The maximum absolute atomic E-state index is 3.68. The zero-order chi connectivity index (χ0) is 8.69. The van der Waals surface area contributed by atoms with Gasteiger partial charge in [0.1, 0.15) is 0 Å². The third-order valence-electron chi connectivity index (χ3n) is 1.76. The van der Waals surface area contributed by atoms with Crippen molar-refractivity contribution < 1.29 is 0 Å². The van der Waals surface area contributed by atoms with Crippen LogP contribution in [0.2, 0.25) is 0 Å². The molecule has 0 heterocycles. The van der Waals surface area contributed by atoms with Crippen LogP contribution in [-0.2, 0) is 0 Å². The van der Waals surface area contributed by atoms with Gasteiger partial charge in [0.25, 0.3) is 0 Å². The lowest BCUT2D eigenvalue weighted by Gasteiger charge is -1.97. The molecular weight excluding hydrogens is 132 g/mol. The summed E-state index contributed by atoms with van der Waals surface area (Å²) in [5.74, 6) is 0.684. The predicted molar refractivity (Wildman–Crippen MR) is 52.5 cm³/mol. The molecule has 0 saturated heterocycles. The Morgan fingerprint density at radius 2 is 2.18 bits per heavy atom. The van der Waals surface area contributed by atoms with E-state index in [2.05, 4.69) is 38.7 Å². The summed E-state index contributed by atoms with van der Waals surface area (Å²) in [6.07, 6.45) is 9.47. The monoisotopic (exact) mass is 150 g/mol. The van der Waals surface area contributed by atoms with Gasteiger partial charge >= 0.3 is 0 Å². The molecule has 0 aliphatic heterocycles. The van der Waals surface area contributed by atoms with E-state index in [0.717, 1.165) is 0 Å². The fraction of sp³-hybridized carbons (Fsp3) is 0.455. The lowest BCUT2D eigenvalue weighted by Crippen LogP contribution is -1.82. The van der Waals surface area contributed by atoms with Crippen LogP contribution in [0.4, 0.5) is 0 Å². The Bertz CT molecular complexity index is 161. The van der Waals surface area contributed by atoms with Gasteiger partial charge in [-0.25, -0.2) is 0 Å². The molecule has 0 amide bonds. The smallest absolute Gasteiger partial charge is 0.0261 e. The van der Waals surface area contributed by atoms with E-state index >= 15 is 0 Å². The molecule has 0 aliphatic carbocycles. The molecule has 0 nitrogen and oxygen atoms in total. The molecule has 0 aromatic carbocycles. The van der Waals surface area contributed by atoms with Crippen LogP contribution in [0.25, 0.3) is 0 Å². The maximum Gasteiger partial charge on any atom is -0.0261 e. The minimum Gasteiger partial charge on any atom is -0.0988 e. The fourth-order valence-electron chi connectivity index (χ4n) is 0.601. The van der Waals surface area contributed by atoms with Crippen molar-refractivity contribution in [2.24, 2.45) is 5.92 Å². The van der Waals surface area contributed by atoms with Crippen LogP contribution < -0.4 is 0 Å². The molecule has 0 saturated carbocycles. The minimum atomic E-state index is 0.684. The second-order valence-corrected chi connectivity index (χ2v) is 2.89. The molecule has 0 fully saturated rings. The Labute approximate surface area is 70.3 Å². The van der Waals surface area contributed by atoms with Crippen LogP contribution in [0.15, 0.2) is 36.5 Å². The fourth-order valence-corrected chi connectivity index (χ4v) is 0.601. The van der Waals surface area contributed by atoms with Crippen molar-refractivity contribution in [1.29, 1.82) is 0 Å². The first-order chi connectivity index (χ1) is 5.20. The van der Waals surface area contributed by atoms with Gasteiger partial charge in [0.05, 0.1) is 0 Å². The third-order valence-corrected chi connectivity index (χ3v) is 1.76. The molecule has 1 unspecified atom stereocenters. The summed E-state index contributed by atoms with van der Waals surface area (Å²) in [5.41, 5.74) is 1.21. The van der Waals surface area contributed by atoms with Crippen molar-refractivity contribution in [3.63, 3.8) is 0 Å². The highest BCUT2D eigenvalue weighted by Crippen LogP contribution is 2.02. The Hall–Kier alpha value is -0.780. The molecule has 0 aromatic heterocycles. The Morgan fingerprint density at radius 1 is 1.55 bits per heavy atom. The minimum absolute atomic E-state index is 0.684. The van der Waals surface area contributed by atoms with Crippen molar-refractivity contribution >= 4 is 0 Å². The van der Waals surface area contributed by atoms with Gasteiger partial charge < -0.3 is 0 Å². The highest BCUT2D eigenvalue weighted by molar-refractivity contribution is 5.19. The topological polar surface area (TPSA) is 0 Å². The summed E-state index contributed by atoms with van der Waals surface area (Å²) < 4.78 is 0. The molecule has 0 N–H and O–H groups in total. The Morgan fingerprint density at radius 3 is 2.64 bits per heavy atom. The lowest BCUT2D eigenvalue weighted by molar-refractivity contribution is 0.698. The van der Waals surface area contributed by atoms with E-state index in [1.54, 1.807) is 0 Å². The van der Waals surface area contributed by atoms with E-state index in [0.29, 0.717) is 5.92 Å². The second-order valence-electron chi connectivity index (χ2n) is 2.89.